The van der Waals surface area contributed by atoms with Crippen molar-refractivity contribution in [1.82, 2.24) is 5.32 Å². The Morgan fingerprint density at radius 3 is 2.73 bits per heavy atom. The molecule has 2 saturated heterocycles. The lowest BCUT2D eigenvalue weighted by atomic mass is 9.86. The van der Waals surface area contributed by atoms with Crippen LogP contribution in [0.1, 0.15) is 47.2 Å². The van der Waals surface area contributed by atoms with Gasteiger partial charge >= 0.3 is 0 Å². The average Bonchev–Trinajstić information content (AvgIpc) is 3.33. The largest absolute Gasteiger partial charge is 0.374 e. The highest BCUT2D eigenvalue weighted by atomic mass is 16.5. The van der Waals surface area contributed by atoms with Crippen molar-refractivity contribution in [2.24, 2.45) is 5.41 Å². The Morgan fingerprint density at radius 2 is 2.03 bits per heavy atom. The summed E-state index contributed by atoms with van der Waals surface area (Å²) in [6.45, 7) is 7.22. The first kappa shape index (κ1) is 19.6. The number of benzene rings is 2. The predicted molar refractivity (Wildman–Crippen MR) is 120 cm³/mol. The van der Waals surface area contributed by atoms with Crippen LogP contribution in [0.5, 0.6) is 0 Å². The maximum absolute atomic E-state index is 12.7. The van der Waals surface area contributed by atoms with Crippen LogP contribution in [-0.4, -0.2) is 38.2 Å². The van der Waals surface area contributed by atoms with E-state index in [-0.39, 0.29) is 5.91 Å². The number of ether oxygens (including phenoxy) is 1. The zero-order valence-corrected chi connectivity index (χ0v) is 17.7. The van der Waals surface area contributed by atoms with E-state index in [1.165, 1.54) is 31.4 Å². The molecule has 2 aromatic rings. The fourth-order valence-corrected chi connectivity index (χ4v) is 4.68. The highest BCUT2D eigenvalue weighted by Crippen LogP contribution is 2.38. The third-order valence-corrected chi connectivity index (χ3v) is 6.82. The van der Waals surface area contributed by atoms with Crippen LogP contribution in [0.15, 0.2) is 42.5 Å². The first-order chi connectivity index (χ1) is 14.6. The van der Waals surface area contributed by atoms with Crippen molar-refractivity contribution in [2.45, 2.75) is 45.3 Å². The molecule has 5 heteroatoms. The van der Waals surface area contributed by atoms with E-state index in [0.717, 1.165) is 43.0 Å². The van der Waals surface area contributed by atoms with Gasteiger partial charge in [0.25, 0.3) is 5.91 Å². The number of nitrogens with one attached hydrogen (secondary N) is 2. The van der Waals surface area contributed by atoms with E-state index in [2.05, 4.69) is 34.6 Å². The van der Waals surface area contributed by atoms with Crippen molar-refractivity contribution >= 4 is 17.3 Å². The maximum atomic E-state index is 12.7. The molecule has 1 unspecified atom stereocenters. The molecule has 1 spiro atoms. The Hall–Kier alpha value is -2.37. The Labute approximate surface area is 178 Å². The van der Waals surface area contributed by atoms with E-state index in [9.17, 15) is 4.79 Å². The molecule has 0 radical (unpaired) electrons. The van der Waals surface area contributed by atoms with Crippen LogP contribution < -0.4 is 15.5 Å². The second-order valence-electron chi connectivity index (χ2n) is 9.26. The van der Waals surface area contributed by atoms with Gasteiger partial charge in [-0.15, -0.1) is 0 Å². The fraction of sp³-hybridized carbons (Fsp3) is 0.480. The van der Waals surface area contributed by atoms with Gasteiger partial charge in [0, 0.05) is 42.0 Å². The summed E-state index contributed by atoms with van der Waals surface area (Å²) >= 11 is 0. The number of rotatable bonds is 6. The number of carbonyl (C=O) groups excluding carboxylic acids is 1. The third kappa shape index (κ3) is 4.23. The number of amides is 1. The Bertz CT molecular complexity index is 914. The van der Waals surface area contributed by atoms with Crippen LogP contribution in [0.4, 0.5) is 11.4 Å². The van der Waals surface area contributed by atoms with E-state index in [1.807, 2.05) is 30.3 Å². The topological polar surface area (TPSA) is 53.6 Å². The normalized spacial score (nSPS) is 23.3. The molecule has 5 nitrogen and oxygen atoms in total. The minimum absolute atomic E-state index is 0.0716. The van der Waals surface area contributed by atoms with Gasteiger partial charge in [0.15, 0.2) is 0 Å². The number of hydrogen-bond donors (Lipinski definition) is 2. The van der Waals surface area contributed by atoms with Crippen molar-refractivity contribution < 1.29 is 9.53 Å². The SMILES string of the molecule is Cc1cc(N2CCC3(CCNC3)C2)ccc1NC(=O)c1ccc(COC2CC2)cc1. The number of aryl methyl sites for hydroxylation is 1. The summed E-state index contributed by atoms with van der Waals surface area (Å²) in [5.41, 5.74) is 5.47. The molecule has 3 fully saturated rings. The molecule has 0 bridgehead atoms. The van der Waals surface area contributed by atoms with Crippen molar-refractivity contribution in [3.8, 4) is 0 Å². The minimum atomic E-state index is -0.0716. The average molecular weight is 406 g/mol. The second-order valence-corrected chi connectivity index (χ2v) is 9.26. The maximum Gasteiger partial charge on any atom is 0.255 e. The van der Waals surface area contributed by atoms with Gasteiger partial charge in [0.1, 0.15) is 0 Å². The molecule has 2 N–H and O–H groups in total. The van der Waals surface area contributed by atoms with Gasteiger partial charge in [-0.3, -0.25) is 4.79 Å². The molecule has 30 heavy (non-hydrogen) atoms. The summed E-state index contributed by atoms with van der Waals surface area (Å²) in [5.74, 6) is -0.0716. The summed E-state index contributed by atoms with van der Waals surface area (Å²) in [7, 11) is 0. The molecule has 1 amide bonds. The van der Waals surface area contributed by atoms with Crippen LogP contribution >= 0.6 is 0 Å². The predicted octanol–water partition coefficient (Wildman–Crippen LogP) is 4.12. The van der Waals surface area contributed by atoms with E-state index >= 15 is 0 Å². The van der Waals surface area contributed by atoms with Gasteiger partial charge < -0.3 is 20.3 Å². The highest BCUT2D eigenvalue weighted by Gasteiger charge is 2.40. The van der Waals surface area contributed by atoms with Crippen LogP contribution in [0.3, 0.4) is 0 Å². The first-order valence-electron chi connectivity index (χ1n) is 11.2. The van der Waals surface area contributed by atoms with Crippen LogP contribution in [0, 0.1) is 12.3 Å². The summed E-state index contributed by atoms with van der Waals surface area (Å²) in [6, 6.07) is 14.1. The smallest absolute Gasteiger partial charge is 0.255 e. The lowest BCUT2D eigenvalue weighted by Gasteiger charge is -2.24. The second kappa shape index (κ2) is 8.05. The van der Waals surface area contributed by atoms with Gasteiger partial charge in [-0.2, -0.15) is 0 Å². The van der Waals surface area contributed by atoms with Gasteiger partial charge in [-0.25, -0.2) is 0 Å². The molecule has 3 aliphatic rings. The molecule has 158 valence electrons. The van der Waals surface area contributed by atoms with Gasteiger partial charge in [0.05, 0.1) is 12.7 Å². The van der Waals surface area contributed by atoms with E-state index < -0.39 is 0 Å². The van der Waals surface area contributed by atoms with Gasteiger partial charge in [-0.1, -0.05) is 12.1 Å². The van der Waals surface area contributed by atoms with Crippen LogP contribution in [-0.2, 0) is 11.3 Å². The number of hydrogen-bond acceptors (Lipinski definition) is 4. The molecular formula is C25H31N3O2. The third-order valence-electron chi connectivity index (χ3n) is 6.82. The van der Waals surface area contributed by atoms with E-state index in [4.69, 9.17) is 4.74 Å². The highest BCUT2D eigenvalue weighted by molar-refractivity contribution is 6.04. The number of carbonyl (C=O) groups is 1. The molecule has 2 aromatic carbocycles. The standard InChI is InChI=1S/C25H31N3O2/c1-18-14-21(28-13-11-25(17-28)10-12-26-16-25)6-9-23(18)27-24(29)20-4-2-19(3-5-20)15-30-22-7-8-22/h2-6,9,14,22,26H,7-8,10-13,15-17H2,1H3,(H,27,29). The zero-order chi connectivity index (χ0) is 20.6. The molecule has 5 rings (SSSR count). The summed E-state index contributed by atoms with van der Waals surface area (Å²) in [5, 5.41) is 6.60. The summed E-state index contributed by atoms with van der Waals surface area (Å²) in [6.07, 6.45) is 5.34. The van der Waals surface area contributed by atoms with Crippen LogP contribution in [0.2, 0.25) is 0 Å². The molecule has 1 saturated carbocycles. The quantitative estimate of drug-likeness (QED) is 0.759. The minimum Gasteiger partial charge on any atom is -0.374 e. The monoisotopic (exact) mass is 405 g/mol. The lowest BCUT2D eigenvalue weighted by Crippen LogP contribution is -2.29. The Balaban J connectivity index is 1.21. The first-order valence-corrected chi connectivity index (χ1v) is 11.2. The molecule has 0 aromatic heterocycles. The summed E-state index contributed by atoms with van der Waals surface area (Å²) < 4.78 is 5.73. The zero-order valence-electron chi connectivity index (χ0n) is 17.7. The van der Waals surface area contributed by atoms with Gasteiger partial charge in [-0.05, 0) is 80.6 Å². The van der Waals surface area contributed by atoms with Crippen LogP contribution in [0.25, 0.3) is 0 Å². The Morgan fingerprint density at radius 1 is 1.20 bits per heavy atom. The Kier molecular flexibility index (Phi) is 5.25. The lowest BCUT2D eigenvalue weighted by molar-refractivity contribution is 0.102. The van der Waals surface area contributed by atoms with E-state index in [1.54, 1.807) is 0 Å². The van der Waals surface area contributed by atoms with E-state index in [0.29, 0.717) is 23.7 Å². The van der Waals surface area contributed by atoms with Gasteiger partial charge in [0.2, 0.25) is 0 Å². The summed E-state index contributed by atoms with van der Waals surface area (Å²) in [4.78, 5) is 15.2. The van der Waals surface area contributed by atoms with Crippen molar-refractivity contribution in [2.75, 3.05) is 36.4 Å². The number of nitrogens with zero attached hydrogens (tertiary/aromatic N) is 1. The van der Waals surface area contributed by atoms with Crippen molar-refractivity contribution in [3.05, 3.63) is 59.2 Å². The molecular weight excluding hydrogens is 374 g/mol. The van der Waals surface area contributed by atoms with Crippen molar-refractivity contribution in [3.63, 3.8) is 0 Å². The molecule has 2 aliphatic heterocycles. The fourth-order valence-electron chi connectivity index (χ4n) is 4.68. The number of anilines is 2. The molecule has 2 heterocycles. The molecule has 1 aliphatic carbocycles. The molecule has 1 atom stereocenters. The van der Waals surface area contributed by atoms with Crippen molar-refractivity contribution in [1.29, 1.82) is 0 Å².